The molecule has 0 aliphatic rings. The SMILES string of the molecule is CCc1ccc(-c2nc(C(=O)OC)cs2)s1. The molecular weight excluding hydrogens is 242 g/mol. The van der Waals surface area contributed by atoms with E-state index in [4.69, 9.17) is 0 Å². The second-order valence-electron chi connectivity index (χ2n) is 3.15. The molecule has 0 saturated heterocycles. The molecule has 0 radical (unpaired) electrons. The van der Waals surface area contributed by atoms with Crippen molar-refractivity contribution in [3.05, 3.63) is 28.1 Å². The van der Waals surface area contributed by atoms with Crippen LogP contribution in [0.15, 0.2) is 17.5 Å². The predicted octanol–water partition coefficient (Wildman–Crippen LogP) is 3.22. The van der Waals surface area contributed by atoms with Gasteiger partial charge >= 0.3 is 5.97 Å². The Hall–Kier alpha value is -1.20. The highest BCUT2D eigenvalue weighted by Gasteiger charge is 2.12. The van der Waals surface area contributed by atoms with Gasteiger partial charge in [0.1, 0.15) is 5.01 Å². The number of nitrogens with zero attached hydrogens (tertiary/aromatic N) is 1. The molecule has 84 valence electrons. The maximum absolute atomic E-state index is 11.2. The number of thiophene rings is 1. The molecule has 0 fully saturated rings. The second-order valence-corrected chi connectivity index (χ2v) is 5.18. The molecule has 2 rings (SSSR count). The Kier molecular flexibility index (Phi) is 3.36. The summed E-state index contributed by atoms with van der Waals surface area (Å²) in [4.78, 5) is 17.9. The van der Waals surface area contributed by atoms with Crippen LogP contribution in [0.1, 0.15) is 22.3 Å². The number of hydrogen-bond acceptors (Lipinski definition) is 5. The van der Waals surface area contributed by atoms with Crippen LogP contribution >= 0.6 is 22.7 Å². The van der Waals surface area contributed by atoms with Crippen molar-refractivity contribution in [2.24, 2.45) is 0 Å². The first-order valence-corrected chi connectivity index (χ1v) is 6.57. The molecule has 2 heterocycles. The summed E-state index contributed by atoms with van der Waals surface area (Å²) in [7, 11) is 1.36. The molecule has 2 aromatic rings. The van der Waals surface area contributed by atoms with Gasteiger partial charge in [0.05, 0.1) is 12.0 Å². The lowest BCUT2D eigenvalue weighted by Gasteiger charge is -1.91. The molecule has 3 nitrogen and oxygen atoms in total. The van der Waals surface area contributed by atoms with Crippen molar-refractivity contribution in [1.82, 2.24) is 4.98 Å². The normalized spacial score (nSPS) is 10.4. The number of methoxy groups -OCH3 is 1. The van der Waals surface area contributed by atoms with E-state index in [1.165, 1.54) is 23.3 Å². The first-order chi connectivity index (χ1) is 7.74. The van der Waals surface area contributed by atoms with Crippen LogP contribution in [0, 0.1) is 0 Å². The zero-order valence-corrected chi connectivity index (χ0v) is 10.7. The monoisotopic (exact) mass is 253 g/mol. The number of hydrogen-bond donors (Lipinski definition) is 0. The minimum atomic E-state index is -0.380. The largest absolute Gasteiger partial charge is 0.464 e. The lowest BCUT2D eigenvalue weighted by Crippen LogP contribution is -2.00. The molecule has 0 spiro atoms. The Bertz CT molecular complexity index is 502. The van der Waals surface area contributed by atoms with Crippen LogP contribution in [0.5, 0.6) is 0 Å². The van der Waals surface area contributed by atoms with E-state index in [1.54, 1.807) is 16.7 Å². The average molecular weight is 253 g/mol. The summed E-state index contributed by atoms with van der Waals surface area (Å²) >= 11 is 3.18. The summed E-state index contributed by atoms with van der Waals surface area (Å²) in [6.45, 7) is 2.12. The Balaban J connectivity index is 2.27. The quantitative estimate of drug-likeness (QED) is 0.788. The molecule has 16 heavy (non-hydrogen) atoms. The maximum atomic E-state index is 11.2. The van der Waals surface area contributed by atoms with Crippen LogP contribution in [-0.2, 0) is 11.2 Å². The Labute approximate surface area is 102 Å². The average Bonchev–Trinajstić information content (AvgIpc) is 2.95. The van der Waals surface area contributed by atoms with Crippen molar-refractivity contribution < 1.29 is 9.53 Å². The van der Waals surface area contributed by atoms with Crippen molar-refractivity contribution in [1.29, 1.82) is 0 Å². The number of thiazole rings is 1. The zero-order chi connectivity index (χ0) is 11.5. The molecule has 0 saturated carbocycles. The predicted molar refractivity (Wildman–Crippen MR) is 66.1 cm³/mol. The van der Waals surface area contributed by atoms with Gasteiger partial charge in [0, 0.05) is 10.3 Å². The minimum absolute atomic E-state index is 0.380. The maximum Gasteiger partial charge on any atom is 0.357 e. The van der Waals surface area contributed by atoms with Crippen LogP contribution in [-0.4, -0.2) is 18.1 Å². The summed E-state index contributed by atoms with van der Waals surface area (Å²) in [6, 6.07) is 4.14. The summed E-state index contributed by atoms with van der Waals surface area (Å²) in [5, 5.41) is 2.61. The summed E-state index contributed by atoms with van der Waals surface area (Å²) in [6.07, 6.45) is 1.03. The number of ether oxygens (including phenoxy) is 1. The van der Waals surface area contributed by atoms with Crippen LogP contribution in [0.3, 0.4) is 0 Å². The third kappa shape index (κ3) is 2.15. The molecule has 2 aromatic heterocycles. The summed E-state index contributed by atoms with van der Waals surface area (Å²) in [5.41, 5.74) is 0.383. The molecule has 0 aromatic carbocycles. The number of aromatic nitrogens is 1. The molecule has 0 amide bonds. The fourth-order valence-corrected chi connectivity index (χ4v) is 3.08. The van der Waals surface area contributed by atoms with Gasteiger partial charge in [-0.3, -0.25) is 0 Å². The van der Waals surface area contributed by atoms with Crippen LogP contribution in [0.4, 0.5) is 0 Å². The van der Waals surface area contributed by atoms with Gasteiger partial charge in [-0.15, -0.1) is 22.7 Å². The van der Waals surface area contributed by atoms with E-state index >= 15 is 0 Å². The van der Waals surface area contributed by atoms with Gasteiger partial charge in [-0.05, 0) is 18.6 Å². The smallest absolute Gasteiger partial charge is 0.357 e. The number of carbonyl (C=O) groups excluding carboxylic acids is 1. The standard InChI is InChI=1S/C11H11NO2S2/c1-3-7-4-5-9(16-7)10-12-8(6-15-10)11(13)14-2/h4-6H,3H2,1-2H3. The Morgan fingerprint density at radius 1 is 1.50 bits per heavy atom. The highest BCUT2D eigenvalue weighted by atomic mass is 32.1. The van der Waals surface area contributed by atoms with Gasteiger partial charge in [-0.1, -0.05) is 6.92 Å². The van der Waals surface area contributed by atoms with E-state index in [0.717, 1.165) is 16.3 Å². The third-order valence-corrected chi connectivity index (χ3v) is 4.36. The molecule has 0 bridgehead atoms. The second kappa shape index (κ2) is 4.76. The molecule has 0 aliphatic carbocycles. The number of esters is 1. The van der Waals surface area contributed by atoms with Gasteiger partial charge in [-0.25, -0.2) is 9.78 Å². The molecular formula is C11H11NO2S2. The van der Waals surface area contributed by atoms with E-state index in [1.807, 2.05) is 6.07 Å². The first kappa shape index (κ1) is 11.3. The summed E-state index contributed by atoms with van der Waals surface area (Å²) in [5.74, 6) is -0.380. The Morgan fingerprint density at radius 3 is 2.94 bits per heavy atom. The van der Waals surface area contributed by atoms with E-state index in [9.17, 15) is 4.79 Å². The van der Waals surface area contributed by atoms with Gasteiger partial charge in [-0.2, -0.15) is 0 Å². The van der Waals surface area contributed by atoms with Gasteiger partial charge in [0.2, 0.25) is 0 Å². The number of rotatable bonds is 3. The van der Waals surface area contributed by atoms with Crippen LogP contribution < -0.4 is 0 Å². The first-order valence-electron chi connectivity index (χ1n) is 4.87. The van der Waals surface area contributed by atoms with Crippen molar-refractivity contribution in [2.45, 2.75) is 13.3 Å². The van der Waals surface area contributed by atoms with Crippen molar-refractivity contribution >= 4 is 28.6 Å². The van der Waals surface area contributed by atoms with Crippen LogP contribution in [0.25, 0.3) is 9.88 Å². The summed E-state index contributed by atoms with van der Waals surface area (Å²) < 4.78 is 4.62. The number of carbonyl (C=O) groups is 1. The lowest BCUT2D eigenvalue weighted by atomic mass is 10.4. The fraction of sp³-hybridized carbons (Fsp3) is 0.273. The lowest BCUT2D eigenvalue weighted by molar-refractivity contribution is 0.0595. The van der Waals surface area contributed by atoms with Gasteiger partial charge in [0.15, 0.2) is 5.69 Å². The third-order valence-electron chi connectivity index (χ3n) is 2.12. The van der Waals surface area contributed by atoms with E-state index in [0.29, 0.717) is 5.69 Å². The highest BCUT2D eigenvalue weighted by molar-refractivity contribution is 7.21. The van der Waals surface area contributed by atoms with E-state index in [2.05, 4.69) is 22.7 Å². The number of aryl methyl sites for hydroxylation is 1. The van der Waals surface area contributed by atoms with Crippen molar-refractivity contribution in [3.63, 3.8) is 0 Å². The van der Waals surface area contributed by atoms with Gasteiger partial charge in [0.25, 0.3) is 0 Å². The topological polar surface area (TPSA) is 39.2 Å². The van der Waals surface area contributed by atoms with E-state index in [-0.39, 0.29) is 5.97 Å². The van der Waals surface area contributed by atoms with Gasteiger partial charge < -0.3 is 4.74 Å². The van der Waals surface area contributed by atoms with Crippen molar-refractivity contribution in [2.75, 3.05) is 7.11 Å². The Morgan fingerprint density at radius 2 is 2.31 bits per heavy atom. The molecule has 0 unspecified atom stereocenters. The zero-order valence-electron chi connectivity index (χ0n) is 9.02. The highest BCUT2D eigenvalue weighted by Crippen LogP contribution is 2.30. The van der Waals surface area contributed by atoms with E-state index < -0.39 is 0 Å². The molecule has 0 atom stereocenters. The fourth-order valence-electron chi connectivity index (χ4n) is 1.27. The molecule has 0 N–H and O–H groups in total. The molecule has 0 aliphatic heterocycles. The minimum Gasteiger partial charge on any atom is -0.464 e. The molecule has 5 heteroatoms. The van der Waals surface area contributed by atoms with Crippen molar-refractivity contribution in [3.8, 4) is 9.88 Å². The van der Waals surface area contributed by atoms with Crippen LogP contribution in [0.2, 0.25) is 0 Å².